The summed E-state index contributed by atoms with van der Waals surface area (Å²) in [6, 6.07) is 5.32. The fraction of sp³-hybridized carbons (Fsp3) is 0.111. The van der Waals surface area contributed by atoms with Crippen LogP contribution in [0.4, 0.5) is 0 Å². The van der Waals surface area contributed by atoms with Gasteiger partial charge in [0.15, 0.2) is 5.58 Å². The molecule has 1 heterocycles. The number of amides is 1. The predicted molar refractivity (Wildman–Crippen MR) is 52.1 cm³/mol. The zero-order valence-electron chi connectivity index (χ0n) is 7.16. The topological polar surface area (TPSA) is 69.1 Å². The van der Waals surface area contributed by atoms with Crippen molar-refractivity contribution < 1.29 is 9.21 Å². The lowest BCUT2D eigenvalue weighted by atomic mass is 10.2. The van der Waals surface area contributed by atoms with Gasteiger partial charge in [-0.1, -0.05) is 12.1 Å². The molecule has 0 radical (unpaired) electrons. The summed E-state index contributed by atoms with van der Waals surface area (Å²) in [6.45, 7) is 0. The maximum atomic E-state index is 10.8. The van der Waals surface area contributed by atoms with Gasteiger partial charge in [0, 0.05) is 5.88 Å². The second-order valence-electron chi connectivity index (χ2n) is 2.78. The molecule has 0 fully saturated rings. The van der Waals surface area contributed by atoms with Gasteiger partial charge in [0.05, 0.1) is 0 Å². The lowest BCUT2D eigenvalue weighted by Crippen LogP contribution is -2.10. The Labute approximate surface area is 84.7 Å². The fourth-order valence-corrected chi connectivity index (χ4v) is 1.43. The van der Waals surface area contributed by atoms with Crippen molar-refractivity contribution in [2.45, 2.75) is 5.88 Å². The summed E-state index contributed by atoms with van der Waals surface area (Å²) in [5.74, 6) is -0.443. The van der Waals surface area contributed by atoms with Crippen molar-refractivity contribution in [3.05, 3.63) is 29.7 Å². The summed E-state index contributed by atoms with van der Waals surface area (Å²) >= 11 is 5.70. The van der Waals surface area contributed by atoms with E-state index < -0.39 is 5.91 Å². The van der Waals surface area contributed by atoms with Crippen molar-refractivity contribution in [2.75, 3.05) is 0 Å². The molecule has 4 nitrogen and oxygen atoms in total. The zero-order valence-corrected chi connectivity index (χ0v) is 7.91. The Kier molecular flexibility index (Phi) is 2.13. The highest BCUT2D eigenvalue weighted by molar-refractivity contribution is 6.17. The van der Waals surface area contributed by atoms with E-state index in [0.29, 0.717) is 17.0 Å². The van der Waals surface area contributed by atoms with Crippen LogP contribution in [0.25, 0.3) is 11.1 Å². The number of nitrogens with two attached hydrogens (primary N) is 1. The zero-order chi connectivity index (χ0) is 10.1. The molecule has 0 aliphatic rings. The number of aromatic nitrogens is 1. The average molecular weight is 211 g/mol. The summed E-state index contributed by atoms with van der Waals surface area (Å²) < 4.78 is 5.13. The molecule has 14 heavy (non-hydrogen) atoms. The van der Waals surface area contributed by atoms with Crippen LogP contribution in [-0.2, 0) is 5.88 Å². The maximum absolute atomic E-state index is 10.8. The Morgan fingerprint density at radius 2 is 2.36 bits per heavy atom. The molecule has 1 aromatic carbocycles. The molecule has 0 unspecified atom stereocenters. The Hall–Kier alpha value is -1.55. The normalized spacial score (nSPS) is 10.6. The van der Waals surface area contributed by atoms with Gasteiger partial charge >= 0.3 is 5.91 Å². The lowest BCUT2D eigenvalue weighted by Gasteiger charge is -1.92. The Balaban J connectivity index is 2.70. The molecule has 2 aromatic rings. The van der Waals surface area contributed by atoms with Crippen molar-refractivity contribution in [1.29, 1.82) is 0 Å². The number of primary amides is 1. The van der Waals surface area contributed by atoms with Crippen LogP contribution in [0.15, 0.2) is 22.6 Å². The standard InChI is InChI=1S/C9H7ClN2O2/c10-4-5-2-1-3-6-7(5)12-9(14-6)8(11)13/h1-3H,4H2,(H2,11,13). The summed E-state index contributed by atoms with van der Waals surface area (Å²) in [4.78, 5) is 14.8. The van der Waals surface area contributed by atoms with E-state index in [9.17, 15) is 4.79 Å². The highest BCUT2D eigenvalue weighted by atomic mass is 35.5. The molecular weight excluding hydrogens is 204 g/mol. The highest BCUT2D eigenvalue weighted by Crippen LogP contribution is 2.20. The van der Waals surface area contributed by atoms with Crippen molar-refractivity contribution in [2.24, 2.45) is 5.73 Å². The van der Waals surface area contributed by atoms with Crippen LogP contribution < -0.4 is 5.73 Å². The lowest BCUT2D eigenvalue weighted by molar-refractivity contribution is 0.0969. The number of fused-ring (bicyclic) bond motifs is 1. The van der Waals surface area contributed by atoms with Crippen LogP contribution in [0.3, 0.4) is 0 Å². The summed E-state index contributed by atoms with van der Waals surface area (Å²) in [6.07, 6.45) is 0. The monoisotopic (exact) mass is 210 g/mol. The minimum atomic E-state index is -0.679. The quantitative estimate of drug-likeness (QED) is 0.767. The molecule has 0 atom stereocenters. The van der Waals surface area contributed by atoms with Crippen LogP contribution in [0, 0.1) is 0 Å². The van der Waals surface area contributed by atoms with Crippen LogP contribution in [0.1, 0.15) is 16.2 Å². The molecule has 0 spiro atoms. The third kappa shape index (κ3) is 1.33. The van der Waals surface area contributed by atoms with Crippen LogP contribution >= 0.6 is 11.6 Å². The SMILES string of the molecule is NC(=O)c1nc2c(CCl)cccc2o1. The average Bonchev–Trinajstić information content (AvgIpc) is 2.60. The molecule has 1 amide bonds. The van der Waals surface area contributed by atoms with E-state index in [-0.39, 0.29) is 5.89 Å². The largest absolute Gasteiger partial charge is 0.432 e. The van der Waals surface area contributed by atoms with Gasteiger partial charge in [-0.15, -0.1) is 11.6 Å². The molecule has 1 aromatic heterocycles. The fourth-order valence-electron chi connectivity index (χ4n) is 1.22. The summed E-state index contributed by atoms with van der Waals surface area (Å²) in [7, 11) is 0. The maximum Gasteiger partial charge on any atom is 0.304 e. The molecule has 0 aliphatic carbocycles. The van der Waals surface area contributed by atoms with Crippen LogP contribution in [-0.4, -0.2) is 10.9 Å². The first-order valence-corrected chi connectivity index (χ1v) is 4.50. The van der Waals surface area contributed by atoms with Crippen molar-refractivity contribution in [3.8, 4) is 0 Å². The second kappa shape index (κ2) is 3.31. The van der Waals surface area contributed by atoms with E-state index in [1.54, 1.807) is 12.1 Å². The molecule has 0 saturated heterocycles. The minimum Gasteiger partial charge on any atom is -0.432 e. The Bertz CT molecular complexity index is 493. The van der Waals surface area contributed by atoms with Crippen molar-refractivity contribution in [3.63, 3.8) is 0 Å². The van der Waals surface area contributed by atoms with Gasteiger partial charge in [0.2, 0.25) is 0 Å². The minimum absolute atomic E-state index is 0.0856. The third-order valence-electron chi connectivity index (χ3n) is 1.86. The number of halogens is 1. The molecule has 0 bridgehead atoms. The van der Waals surface area contributed by atoms with E-state index in [1.807, 2.05) is 6.07 Å². The number of rotatable bonds is 2. The van der Waals surface area contributed by atoms with E-state index in [1.165, 1.54) is 0 Å². The van der Waals surface area contributed by atoms with Gasteiger partial charge in [0.25, 0.3) is 5.89 Å². The van der Waals surface area contributed by atoms with E-state index in [4.69, 9.17) is 21.8 Å². The number of alkyl halides is 1. The molecule has 0 saturated carbocycles. The van der Waals surface area contributed by atoms with Crippen molar-refractivity contribution in [1.82, 2.24) is 4.98 Å². The number of nitrogens with zero attached hydrogens (tertiary/aromatic N) is 1. The number of carbonyl (C=O) groups is 1. The third-order valence-corrected chi connectivity index (χ3v) is 2.15. The van der Waals surface area contributed by atoms with E-state index in [0.717, 1.165) is 5.56 Å². The summed E-state index contributed by atoms with van der Waals surface area (Å²) in [5, 5.41) is 0. The van der Waals surface area contributed by atoms with Gasteiger partial charge in [0.1, 0.15) is 5.52 Å². The van der Waals surface area contributed by atoms with E-state index >= 15 is 0 Å². The number of benzene rings is 1. The van der Waals surface area contributed by atoms with Crippen LogP contribution in [0.5, 0.6) is 0 Å². The van der Waals surface area contributed by atoms with Gasteiger partial charge in [-0.2, -0.15) is 0 Å². The van der Waals surface area contributed by atoms with Gasteiger partial charge < -0.3 is 10.2 Å². The number of hydrogen-bond acceptors (Lipinski definition) is 3. The van der Waals surface area contributed by atoms with Gasteiger partial charge in [-0.3, -0.25) is 4.79 Å². The molecule has 0 aliphatic heterocycles. The number of carbonyl (C=O) groups excluding carboxylic acids is 1. The second-order valence-corrected chi connectivity index (χ2v) is 3.05. The number of para-hydroxylation sites is 1. The molecular formula is C9H7ClN2O2. The number of hydrogen-bond donors (Lipinski definition) is 1. The first-order valence-electron chi connectivity index (χ1n) is 3.96. The van der Waals surface area contributed by atoms with E-state index in [2.05, 4.69) is 4.98 Å². The summed E-state index contributed by atoms with van der Waals surface area (Å²) in [5.41, 5.74) is 6.98. The molecule has 72 valence electrons. The number of oxazole rings is 1. The Morgan fingerprint density at radius 3 is 3.00 bits per heavy atom. The van der Waals surface area contributed by atoms with Crippen molar-refractivity contribution >= 4 is 28.6 Å². The van der Waals surface area contributed by atoms with Gasteiger partial charge in [-0.05, 0) is 11.6 Å². The first kappa shape index (κ1) is 9.02. The highest BCUT2D eigenvalue weighted by Gasteiger charge is 2.12. The smallest absolute Gasteiger partial charge is 0.304 e. The van der Waals surface area contributed by atoms with Gasteiger partial charge in [-0.25, -0.2) is 4.98 Å². The molecule has 2 rings (SSSR count). The predicted octanol–water partition coefficient (Wildman–Crippen LogP) is 1.67. The Morgan fingerprint density at radius 1 is 1.57 bits per heavy atom. The molecule has 5 heteroatoms. The van der Waals surface area contributed by atoms with Crippen LogP contribution in [0.2, 0.25) is 0 Å². The molecule has 2 N–H and O–H groups in total. The first-order chi connectivity index (χ1) is 6.72.